The number of hydrogen-bond acceptors (Lipinski definition) is 4. The van der Waals surface area contributed by atoms with Gasteiger partial charge in [-0.3, -0.25) is 4.79 Å². The van der Waals surface area contributed by atoms with Crippen LogP contribution in [0.3, 0.4) is 0 Å². The molecule has 34 heavy (non-hydrogen) atoms. The number of benzene rings is 2. The lowest BCUT2D eigenvalue weighted by Gasteiger charge is -2.31. The maximum atomic E-state index is 13.1. The van der Waals surface area contributed by atoms with Gasteiger partial charge in [0.15, 0.2) is 0 Å². The van der Waals surface area contributed by atoms with Crippen LogP contribution >= 0.6 is 0 Å². The minimum absolute atomic E-state index is 0.0349. The average molecular weight is 465 g/mol. The zero-order chi connectivity index (χ0) is 24.2. The number of likely N-dealkylation sites (N-methyl/N-ethyl adjacent to an activating group) is 1. The number of carboxylic acids is 1. The number of aliphatic carboxylic acids is 1. The Bertz CT molecular complexity index is 1020. The number of carbonyl (C=O) groups excluding carboxylic acids is 2. The van der Waals surface area contributed by atoms with E-state index in [1.165, 1.54) is 18.9 Å². The van der Waals surface area contributed by atoms with Crippen LogP contribution in [0.1, 0.15) is 56.1 Å². The Kier molecular flexibility index (Phi) is 7.20. The molecule has 2 N–H and O–H groups in total. The molecule has 180 valence electrons. The SMILES string of the molecule is C[C@@H](C(=O)O)N(C)C(=O)C1CCCCCC1NC(=O)OCC1c2ccccc2-c2ccccc21. The predicted molar refractivity (Wildman–Crippen MR) is 128 cm³/mol. The lowest BCUT2D eigenvalue weighted by atomic mass is 9.93. The van der Waals surface area contributed by atoms with Crippen LogP contribution in [0.5, 0.6) is 0 Å². The van der Waals surface area contributed by atoms with Gasteiger partial charge in [0.1, 0.15) is 12.6 Å². The fourth-order valence-corrected chi connectivity index (χ4v) is 5.19. The van der Waals surface area contributed by atoms with E-state index < -0.39 is 24.0 Å². The van der Waals surface area contributed by atoms with E-state index in [-0.39, 0.29) is 24.5 Å². The molecule has 0 spiro atoms. The first-order valence-corrected chi connectivity index (χ1v) is 12.0. The van der Waals surface area contributed by atoms with Crippen molar-refractivity contribution in [2.24, 2.45) is 5.92 Å². The molecule has 2 aliphatic carbocycles. The molecule has 0 aromatic heterocycles. The van der Waals surface area contributed by atoms with Crippen LogP contribution in [0.15, 0.2) is 48.5 Å². The number of alkyl carbamates (subject to hydrolysis) is 1. The van der Waals surface area contributed by atoms with E-state index in [1.807, 2.05) is 24.3 Å². The van der Waals surface area contributed by atoms with Crippen molar-refractivity contribution in [3.8, 4) is 11.1 Å². The zero-order valence-corrected chi connectivity index (χ0v) is 19.7. The van der Waals surface area contributed by atoms with Gasteiger partial charge in [0.05, 0.1) is 5.92 Å². The summed E-state index contributed by atoms with van der Waals surface area (Å²) >= 11 is 0. The number of nitrogens with zero attached hydrogens (tertiary/aromatic N) is 1. The molecule has 0 saturated heterocycles. The third-order valence-corrected chi connectivity index (χ3v) is 7.27. The summed E-state index contributed by atoms with van der Waals surface area (Å²) in [5, 5.41) is 12.2. The molecule has 1 saturated carbocycles. The van der Waals surface area contributed by atoms with Gasteiger partial charge >= 0.3 is 12.1 Å². The smallest absolute Gasteiger partial charge is 0.407 e. The molecule has 4 rings (SSSR count). The molecule has 7 nitrogen and oxygen atoms in total. The standard InChI is InChI=1S/C27H32N2O5/c1-17(26(31)32)29(2)25(30)22-14-4-3-5-15-24(22)28-27(33)34-16-23-20-12-8-6-10-18(20)19-11-7-9-13-21(19)23/h6-13,17,22-24H,3-5,14-16H2,1-2H3,(H,28,33)(H,31,32)/t17-,22?,24?/m0/s1. The Morgan fingerprint density at radius 2 is 1.59 bits per heavy atom. The fraction of sp³-hybridized carbons (Fsp3) is 0.444. The Morgan fingerprint density at radius 1 is 1.00 bits per heavy atom. The van der Waals surface area contributed by atoms with Crippen LogP contribution in [0, 0.1) is 5.92 Å². The van der Waals surface area contributed by atoms with E-state index in [0.717, 1.165) is 41.5 Å². The Hall–Kier alpha value is -3.35. The van der Waals surface area contributed by atoms with Crippen molar-refractivity contribution in [2.75, 3.05) is 13.7 Å². The number of carbonyl (C=O) groups is 3. The van der Waals surface area contributed by atoms with Gasteiger partial charge in [-0.25, -0.2) is 9.59 Å². The summed E-state index contributed by atoms with van der Waals surface area (Å²) in [4.78, 5) is 38.6. The number of hydrogen-bond donors (Lipinski definition) is 2. The van der Waals surface area contributed by atoms with Crippen molar-refractivity contribution in [1.82, 2.24) is 10.2 Å². The lowest BCUT2D eigenvalue weighted by molar-refractivity contribution is -0.150. The third-order valence-electron chi connectivity index (χ3n) is 7.27. The van der Waals surface area contributed by atoms with E-state index in [2.05, 4.69) is 29.6 Å². The summed E-state index contributed by atoms with van der Waals surface area (Å²) in [6, 6.07) is 15.0. The van der Waals surface area contributed by atoms with E-state index >= 15 is 0 Å². The highest BCUT2D eigenvalue weighted by Crippen LogP contribution is 2.44. The maximum Gasteiger partial charge on any atom is 0.407 e. The van der Waals surface area contributed by atoms with E-state index in [9.17, 15) is 19.5 Å². The Balaban J connectivity index is 1.43. The summed E-state index contributed by atoms with van der Waals surface area (Å²) in [6.07, 6.45) is 3.48. The van der Waals surface area contributed by atoms with Crippen LogP contribution < -0.4 is 5.32 Å². The number of fused-ring (bicyclic) bond motifs is 3. The molecule has 2 amide bonds. The summed E-state index contributed by atoms with van der Waals surface area (Å²) in [7, 11) is 1.51. The Morgan fingerprint density at radius 3 is 2.21 bits per heavy atom. The molecular weight excluding hydrogens is 432 g/mol. The van der Waals surface area contributed by atoms with Gasteiger partial charge in [0, 0.05) is 19.0 Å². The van der Waals surface area contributed by atoms with Crippen LogP contribution in [0.4, 0.5) is 4.79 Å². The second-order valence-electron chi connectivity index (χ2n) is 9.28. The fourth-order valence-electron chi connectivity index (χ4n) is 5.19. The summed E-state index contributed by atoms with van der Waals surface area (Å²) in [6.45, 7) is 1.70. The minimum Gasteiger partial charge on any atom is -0.480 e. The molecule has 7 heteroatoms. The third kappa shape index (κ3) is 4.79. The molecule has 2 aliphatic rings. The molecule has 2 aromatic carbocycles. The predicted octanol–water partition coefficient (Wildman–Crippen LogP) is 4.41. The van der Waals surface area contributed by atoms with E-state index in [0.29, 0.717) is 12.8 Å². The molecule has 0 radical (unpaired) electrons. The minimum atomic E-state index is -1.05. The molecule has 2 aromatic rings. The van der Waals surface area contributed by atoms with Gasteiger partial charge in [-0.15, -0.1) is 0 Å². The van der Waals surface area contributed by atoms with Crippen LogP contribution in [-0.4, -0.2) is 53.7 Å². The van der Waals surface area contributed by atoms with E-state index in [1.54, 1.807) is 0 Å². The number of amides is 2. The van der Waals surface area contributed by atoms with Crippen molar-refractivity contribution < 1.29 is 24.2 Å². The van der Waals surface area contributed by atoms with Gasteiger partial charge in [-0.05, 0) is 42.0 Å². The lowest BCUT2D eigenvalue weighted by Crippen LogP contribution is -2.50. The monoisotopic (exact) mass is 464 g/mol. The average Bonchev–Trinajstić information content (AvgIpc) is 2.98. The van der Waals surface area contributed by atoms with E-state index in [4.69, 9.17) is 4.74 Å². The number of rotatable bonds is 6. The van der Waals surface area contributed by atoms with Crippen molar-refractivity contribution in [3.63, 3.8) is 0 Å². The molecule has 3 atom stereocenters. The van der Waals surface area contributed by atoms with Gasteiger partial charge in [-0.2, -0.15) is 0 Å². The normalized spacial score (nSPS) is 20.4. The summed E-state index contributed by atoms with van der Waals surface area (Å²) < 4.78 is 5.69. The Labute approximate surface area is 200 Å². The second kappa shape index (κ2) is 10.3. The highest BCUT2D eigenvalue weighted by molar-refractivity contribution is 5.85. The van der Waals surface area contributed by atoms with Crippen LogP contribution in [0.25, 0.3) is 11.1 Å². The van der Waals surface area contributed by atoms with Gasteiger partial charge in [-0.1, -0.05) is 67.8 Å². The largest absolute Gasteiger partial charge is 0.480 e. The van der Waals surface area contributed by atoms with Crippen LogP contribution in [0.2, 0.25) is 0 Å². The first-order chi connectivity index (χ1) is 16.4. The maximum absolute atomic E-state index is 13.1. The summed E-state index contributed by atoms with van der Waals surface area (Å²) in [5.41, 5.74) is 4.61. The molecule has 0 heterocycles. The first kappa shape index (κ1) is 23.8. The number of ether oxygens (including phenoxy) is 1. The van der Waals surface area contributed by atoms with Crippen LogP contribution in [-0.2, 0) is 14.3 Å². The van der Waals surface area contributed by atoms with Crippen molar-refractivity contribution in [1.29, 1.82) is 0 Å². The van der Waals surface area contributed by atoms with Gasteiger partial charge < -0.3 is 20.1 Å². The highest BCUT2D eigenvalue weighted by atomic mass is 16.5. The van der Waals surface area contributed by atoms with Crippen molar-refractivity contribution in [3.05, 3.63) is 59.7 Å². The van der Waals surface area contributed by atoms with Crippen molar-refractivity contribution >= 4 is 18.0 Å². The molecule has 0 aliphatic heterocycles. The second-order valence-corrected chi connectivity index (χ2v) is 9.28. The molecule has 0 bridgehead atoms. The number of carboxylic acid groups (broad SMARTS) is 1. The molecule has 2 unspecified atom stereocenters. The van der Waals surface area contributed by atoms with Crippen molar-refractivity contribution in [2.45, 2.75) is 57.0 Å². The molecular formula is C27H32N2O5. The molecule has 1 fully saturated rings. The topological polar surface area (TPSA) is 95.9 Å². The van der Waals surface area contributed by atoms with Gasteiger partial charge in [0.25, 0.3) is 0 Å². The highest BCUT2D eigenvalue weighted by Gasteiger charge is 2.36. The quantitative estimate of drug-likeness (QED) is 0.618. The summed E-state index contributed by atoms with van der Waals surface area (Å²) in [5.74, 6) is -1.80. The zero-order valence-electron chi connectivity index (χ0n) is 19.7. The first-order valence-electron chi connectivity index (χ1n) is 12.0. The number of nitrogens with one attached hydrogen (secondary N) is 1. The van der Waals surface area contributed by atoms with Gasteiger partial charge in [0.2, 0.25) is 5.91 Å².